The van der Waals surface area contributed by atoms with Gasteiger partial charge in [-0.05, 0) is 11.6 Å². The van der Waals surface area contributed by atoms with Crippen LogP contribution in [0.2, 0.25) is 0 Å². The van der Waals surface area contributed by atoms with Crippen molar-refractivity contribution in [3.63, 3.8) is 0 Å². The Labute approximate surface area is 65.5 Å². The van der Waals surface area contributed by atoms with Gasteiger partial charge in [-0.25, -0.2) is 0 Å². The largest absolute Gasteiger partial charge is 0.398 e. The minimum absolute atomic E-state index is 0.426. The van der Waals surface area contributed by atoms with Crippen molar-refractivity contribution in [2.24, 2.45) is 5.73 Å². The number of nitrogens with two attached hydrogens (primary N) is 2. The summed E-state index contributed by atoms with van der Waals surface area (Å²) in [5, 5.41) is 7.07. The second-order valence-corrected chi connectivity index (χ2v) is 2.27. The van der Waals surface area contributed by atoms with Crippen molar-refractivity contribution in [2.75, 3.05) is 5.73 Å². The van der Waals surface area contributed by atoms with E-state index in [0.717, 1.165) is 11.1 Å². The van der Waals surface area contributed by atoms with Gasteiger partial charge in [0.2, 0.25) is 0 Å². The minimum Gasteiger partial charge on any atom is -0.398 e. The van der Waals surface area contributed by atoms with Gasteiger partial charge in [0.25, 0.3) is 0 Å². The molecule has 0 heterocycles. The van der Waals surface area contributed by atoms with Crippen molar-refractivity contribution in [2.45, 2.75) is 6.54 Å². The first-order valence-electron chi connectivity index (χ1n) is 3.37. The fraction of sp³-hybridized carbons (Fsp3) is 0.125. The molecule has 3 heteroatoms. The first kappa shape index (κ1) is 7.75. The van der Waals surface area contributed by atoms with Crippen LogP contribution in [0, 0.1) is 5.41 Å². The number of nitrogens with one attached hydrogen (secondary N) is 1. The van der Waals surface area contributed by atoms with Gasteiger partial charge in [-0.1, -0.05) is 12.1 Å². The van der Waals surface area contributed by atoms with Crippen LogP contribution in [0.15, 0.2) is 18.2 Å². The Morgan fingerprint density at radius 1 is 1.45 bits per heavy atom. The van der Waals surface area contributed by atoms with E-state index >= 15 is 0 Å². The fourth-order valence-corrected chi connectivity index (χ4v) is 0.987. The highest BCUT2D eigenvalue weighted by molar-refractivity contribution is 5.86. The lowest BCUT2D eigenvalue weighted by molar-refractivity contribution is 1.07. The summed E-state index contributed by atoms with van der Waals surface area (Å²) in [6, 6.07) is 5.47. The molecule has 0 aliphatic carbocycles. The maximum atomic E-state index is 7.07. The van der Waals surface area contributed by atoms with E-state index in [-0.39, 0.29) is 0 Å². The molecule has 1 aromatic rings. The molecular weight excluding hydrogens is 138 g/mol. The van der Waals surface area contributed by atoms with Crippen molar-refractivity contribution in [3.8, 4) is 0 Å². The van der Waals surface area contributed by atoms with Gasteiger partial charge in [0.1, 0.15) is 0 Å². The Kier molecular flexibility index (Phi) is 2.23. The molecule has 0 spiro atoms. The molecule has 58 valence electrons. The molecule has 5 N–H and O–H groups in total. The van der Waals surface area contributed by atoms with Gasteiger partial charge in [0.15, 0.2) is 0 Å². The van der Waals surface area contributed by atoms with Crippen LogP contribution in [0.3, 0.4) is 0 Å². The summed E-state index contributed by atoms with van der Waals surface area (Å²) in [6.45, 7) is 0.426. The topological polar surface area (TPSA) is 75.9 Å². The lowest BCUT2D eigenvalue weighted by atomic mass is 10.1. The van der Waals surface area contributed by atoms with Crippen LogP contribution in [0.1, 0.15) is 11.1 Å². The van der Waals surface area contributed by atoms with Gasteiger partial charge < -0.3 is 16.9 Å². The fourth-order valence-electron chi connectivity index (χ4n) is 0.987. The van der Waals surface area contributed by atoms with E-state index in [1.165, 1.54) is 6.21 Å². The van der Waals surface area contributed by atoms with Gasteiger partial charge in [-0.3, -0.25) is 0 Å². The highest BCUT2D eigenvalue weighted by atomic mass is 14.6. The van der Waals surface area contributed by atoms with Crippen molar-refractivity contribution < 1.29 is 0 Å². The molecule has 1 aromatic carbocycles. The molecule has 0 radical (unpaired) electrons. The summed E-state index contributed by atoms with van der Waals surface area (Å²) < 4.78 is 0. The third-order valence-electron chi connectivity index (χ3n) is 1.59. The first-order chi connectivity index (χ1) is 5.29. The Hall–Kier alpha value is -1.35. The number of hydrogen-bond acceptors (Lipinski definition) is 3. The molecule has 1 rings (SSSR count). The Balaban J connectivity index is 3.24. The average molecular weight is 149 g/mol. The third kappa shape index (κ3) is 1.38. The SMILES string of the molecule is N=Cc1c(N)cccc1CN. The zero-order valence-electron chi connectivity index (χ0n) is 6.17. The van der Waals surface area contributed by atoms with Crippen LogP contribution in [-0.4, -0.2) is 6.21 Å². The smallest absolute Gasteiger partial charge is 0.0406 e. The molecule has 0 bridgehead atoms. The second-order valence-electron chi connectivity index (χ2n) is 2.27. The molecule has 0 atom stereocenters. The molecular formula is C8H11N3. The van der Waals surface area contributed by atoms with Gasteiger partial charge in [0, 0.05) is 24.0 Å². The number of anilines is 1. The molecule has 0 saturated heterocycles. The van der Waals surface area contributed by atoms with Gasteiger partial charge in [0.05, 0.1) is 0 Å². The summed E-state index contributed by atoms with van der Waals surface area (Å²) in [5.41, 5.74) is 13.3. The number of rotatable bonds is 2. The molecule has 0 fully saturated rings. The van der Waals surface area contributed by atoms with Crippen LogP contribution in [0.4, 0.5) is 5.69 Å². The van der Waals surface area contributed by atoms with Crippen molar-refractivity contribution in [1.29, 1.82) is 5.41 Å². The van der Waals surface area contributed by atoms with Gasteiger partial charge in [-0.15, -0.1) is 0 Å². The molecule has 0 unspecified atom stereocenters. The normalized spacial score (nSPS) is 9.55. The Morgan fingerprint density at radius 2 is 2.18 bits per heavy atom. The lowest BCUT2D eigenvalue weighted by Gasteiger charge is -2.04. The second kappa shape index (κ2) is 3.16. The highest BCUT2D eigenvalue weighted by Gasteiger charge is 1.99. The summed E-state index contributed by atoms with van der Waals surface area (Å²) in [4.78, 5) is 0. The van der Waals surface area contributed by atoms with Crippen molar-refractivity contribution >= 4 is 11.9 Å². The maximum absolute atomic E-state index is 7.07. The van der Waals surface area contributed by atoms with E-state index in [0.29, 0.717) is 12.2 Å². The zero-order valence-corrected chi connectivity index (χ0v) is 6.17. The monoisotopic (exact) mass is 149 g/mol. The molecule has 0 aliphatic heterocycles. The number of nitrogen functional groups attached to an aromatic ring is 1. The molecule has 3 nitrogen and oxygen atoms in total. The van der Waals surface area contributed by atoms with Crippen LogP contribution < -0.4 is 11.5 Å². The van der Waals surface area contributed by atoms with Gasteiger partial charge >= 0.3 is 0 Å². The first-order valence-corrected chi connectivity index (χ1v) is 3.37. The molecule has 0 saturated carbocycles. The summed E-state index contributed by atoms with van der Waals surface area (Å²) in [6.07, 6.45) is 1.23. The summed E-state index contributed by atoms with van der Waals surface area (Å²) in [5.74, 6) is 0. The van der Waals surface area contributed by atoms with E-state index in [9.17, 15) is 0 Å². The maximum Gasteiger partial charge on any atom is 0.0406 e. The molecule has 0 aliphatic rings. The van der Waals surface area contributed by atoms with Crippen LogP contribution >= 0.6 is 0 Å². The van der Waals surface area contributed by atoms with E-state index in [2.05, 4.69) is 0 Å². The summed E-state index contributed by atoms with van der Waals surface area (Å²) >= 11 is 0. The van der Waals surface area contributed by atoms with E-state index in [1.54, 1.807) is 6.07 Å². The Bertz CT molecular complexity index is 268. The minimum atomic E-state index is 0.426. The molecule has 0 amide bonds. The third-order valence-corrected chi connectivity index (χ3v) is 1.59. The predicted octanol–water partition coefficient (Wildman–Crippen LogP) is 0.725. The van der Waals surface area contributed by atoms with Gasteiger partial charge in [-0.2, -0.15) is 0 Å². The molecule has 0 aromatic heterocycles. The van der Waals surface area contributed by atoms with Crippen LogP contribution in [-0.2, 0) is 6.54 Å². The summed E-state index contributed by atoms with van der Waals surface area (Å²) in [7, 11) is 0. The quantitative estimate of drug-likeness (QED) is 0.428. The standard InChI is InChI=1S/C8H11N3/c9-4-6-2-1-3-8(11)7(6)5-10/h1-3,5,10H,4,9,11H2. The Morgan fingerprint density at radius 3 is 2.64 bits per heavy atom. The van der Waals surface area contributed by atoms with E-state index in [1.807, 2.05) is 12.1 Å². The highest BCUT2D eigenvalue weighted by Crippen LogP contribution is 2.13. The van der Waals surface area contributed by atoms with E-state index < -0.39 is 0 Å². The van der Waals surface area contributed by atoms with E-state index in [4.69, 9.17) is 16.9 Å². The average Bonchev–Trinajstić information content (AvgIpc) is 2.04. The zero-order chi connectivity index (χ0) is 8.27. The lowest BCUT2D eigenvalue weighted by Crippen LogP contribution is -2.03. The van der Waals surface area contributed by atoms with Crippen molar-refractivity contribution in [3.05, 3.63) is 29.3 Å². The number of hydrogen-bond donors (Lipinski definition) is 3. The van der Waals surface area contributed by atoms with Crippen LogP contribution in [0.5, 0.6) is 0 Å². The van der Waals surface area contributed by atoms with Crippen LogP contribution in [0.25, 0.3) is 0 Å². The van der Waals surface area contributed by atoms with Crippen molar-refractivity contribution in [1.82, 2.24) is 0 Å². The predicted molar refractivity (Wildman–Crippen MR) is 46.6 cm³/mol. The molecule has 11 heavy (non-hydrogen) atoms. The number of benzene rings is 1.